The van der Waals surface area contributed by atoms with Crippen LogP contribution in [0.1, 0.15) is 29.8 Å². The molecule has 2 aliphatic heterocycles. The summed E-state index contributed by atoms with van der Waals surface area (Å²) < 4.78 is 3.32. The summed E-state index contributed by atoms with van der Waals surface area (Å²) in [7, 11) is 0. The predicted octanol–water partition coefficient (Wildman–Crippen LogP) is 5.97. The average Bonchev–Trinajstić information content (AvgIpc) is 3.31. The van der Waals surface area contributed by atoms with Gasteiger partial charge in [0.25, 0.3) is 0 Å². The molecule has 7 heteroatoms. The number of likely N-dealkylation sites (tertiary alicyclic amines) is 1. The molecule has 0 spiro atoms. The molecule has 6 nitrogen and oxygen atoms in total. The zero-order valence-electron chi connectivity index (χ0n) is 22.8. The minimum atomic E-state index is 0.0519. The van der Waals surface area contributed by atoms with Gasteiger partial charge in [-0.15, -0.1) is 0 Å². The van der Waals surface area contributed by atoms with E-state index in [1.807, 2.05) is 6.07 Å². The van der Waals surface area contributed by atoms with Crippen LogP contribution in [0.3, 0.4) is 0 Å². The quantitative estimate of drug-likeness (QED) is 0.289. The lowest BCUT2D eigenvalue weighted by Crippen LogP contribution is -2.52. The number of hydrogen-bond acceptors (Lipinski definition) is 4. The van der Waals surface area contributed by atoms with E-state index in [1.54, 1.807) is 0 Å². The van der Waals surface area contributed by atoms with E-state index in [0.717, 1.165) is 85.7 Å². The minimum absolute atomic E-state index is 0.0519. The van der Waals surface area contributed by atoms with Crippen molar-refractivity contribution in [2.24, 2.45) is 5.92 Å². The summed E-state index contributed by atoms with van der Waals surface area (Å²) in [4.78, 5) is 25.7. The Kier molecular flexibility index (Phi) is 7.45. The highest BCUT2D eigenvalue weighted by atomic mass is 79.9. The third-order valence-corrected chi connectivity index (χ3v) is 8.81. The Morgan fingerprint density at radius 2 is 1.62 bits per heavy atom. The second kappa shape index (κ2) is 11.1. The number of amides is 1. The van der Waals surface area contributed by atoms with Crippen LogP contribution in [0.5, 0.6) is 0 Å². The first-order chi connectivity index (χ1) is 19.0. The van der Waals surface area contributed by atoms with Crippen LogP contribution in [0.4, 0.5) is 5.69 Å². The van der Waals surface area contributed by atoms with E-state index in [4.69, 9.17) is 4.98 Å². The molecule has 39 heavy (non-hydrogen) atoms. The molecule has 0 bridgehead atoms. The van der Waals surface area contributed by atoms with Crippen molar-refractivity contribution < 1.29 is 4.79 Å². The number of aromatic nitrogens is 2. The van der Waals surface area contributed by atoms with E-state index in [9.17, 15) is 4.79 Å². The van der Waals surface area contributed by atoms with Gasteiger partial charge in [0.15, 0.2) is 0 Å². The Labute approximate surface area is 239 Å². The number of anilines is 1. The molecule has 4 aromatic rings. The topological polar surface area (TPSA) is 44.6 Å². The van der Waals surface area contributed by atoms with E-state index >= 15 is 0 Å². The Bertz CT molecular complexity index is 1450. The molecule has 1 amide bonds. The number of carbonyl (C=O) groups excluding carboxylic acids is 1. The van der Waals surface area contributed by atoms with Crippen LogP contribution in [0, 0.1) is 19.8 Å². The molecule has 0 unspecified atom stereocenters. The van der Waals surface area contributed by atoms with E-state index in [0.29, 0.717) is 5.91 Å². The number of piperidine rings is 1. The molecule has 1 aromatic heterocycles. The number of para-hydroxylation sites is 3. The largest absolute Gasteiger partial charge is 0.368 e. The number of nitrogens with zero attached hydrogens (tertiary/aromatic N) is 5. The predicted molar refractivity (Wildman–Crippen MR) is 161 cm³/mol. The number of fused-ring (bicyclic) bond motifs is 1. The molecule has 3 aromatic carbocycles. The maximum Gasteiger partial charge on any atom is 0.227 e. The summed E-state index contributed by atoms with van der Waals surface area (Å²) in [6, 6.07) is 23.2. The first-order valence-corrected chi connectivity index (χ1v) is 14.8. The van der Waals surface area contributed by atoms with Gasteiger partial charge < -0.3 is 9.80 Å². The number of hydrogen-bond donors (Lipinski definition) is 0. The number of halogens is 1. The number of carbonyl (C=O) groups is 1. The number of imidazole rings is 1. The van der Waals surface area contributed by atoms with Crippen LogP contribution < -0.4 is 4.90 Å². The van der Waals surface area contributed by atoms with Crippen molar-refractivity contribution in [3.63, 3.8) is 0 Å². The highest BCUT2D eigenvalue weighted by molar-refractivity contribution is 9.10. The monoisotopic (exact) mass is 585 g/mol. The summed E-state index contributed by atoms with van der Waals surface area (Å²) in [6.07, 6.45) is 2.01. The first-order valence-electron chi connectivity index (χ1n) is 14.0. The second-order valence-corrected chi connectivity index (χ2v) is 11.9. The van der Waals surface area contributed by atoms with Crippen molar-refractivity contribution in [1.29, 1.82) is 0 Å². The SMILES string of the molecule is Cc1cccc(C)c1N1CCN(C(=O)[C@H]2CCCN(Cc3nc4ccccc4n3-c3ccc(Br)cc3)C2)CC1. The van der Waals surface area contributed by atoms with Crippen LogP contribution >= 0.6 is 15.9 Å². The molecule has 0 saturated carbocycles. The Morgan fingerprint density at radius 1 is 0.897 bits per heavy atom. The van der Waals surface area contributed by atoms with Gasteiger partial charge in [0, 0.05) is 48.6 Å². The Balaban J connectivity index is 1.14. The smallest absolute Gasteiger partial charge is 0.227 e. The van der Waals surface area contributed by atoms with E-state index in [1.165, 1.54) is 16.8 Å². The van der Waals surface area contributed by atoms with Crippen molar-refractivity contribution in [1.82, 2.24) is 19.4 Å². The molecule has 3 heterocycles. The van der Waals surface area contributed by atoms with E-state index in [-0.39, 0.29) is 5.92 Å². The molecule has 0 radical (unpaired) electrons. The highest BCUT2D eigenvalue weighted by Crippen LogP contribution is 2.28. The number of rotatable bonds is 5. The van der Waals surface area contributed by atoms with E-state index < -0.39 is 0 Å². The summed E-state index contributed by atoms with van der Waals surface area (Å²) in [5.74, 6) is 1.40. The molecule has 1 atom stereocenters. The van der Waals surface area contributed by atoms with Crippen molar-refractivity contribution in [2.75, 3.05) is 44.2 Å². The van der Waals surface area contributed by atoms with Gasteiger partial charge in [-0.2, -0.15) is 0 Å². The minimum Gasteiger partial charge on any atom is -0.368 e. The molecule has 6 rings (SSSR count). The zero-order chi connectivity index (χ0) is 26.9. The van der Waals surface area contributed by atoms with Gasteiger partial charge in [-0.3, -0.25) is 14.3 Å². The lowest BCUT2D eigenvalue weighted by Gasteiger charge is -2.40. The van der Waals surface area contributed by atoms with Gasteiger partial charge >= 0.3 is 0 Å². The van der Waals surface area contributed by atoms with Crippen LogP contribution in [0.15, 0.2) is 71.2 Å². The molecular formula is C32H36BrN5O. The fourth-order valence-electron chi connectivity index (χ4n) is 6.37. The van der Waals surface area contributed by atoms with Crippen LogP contribution in [0.2, 0.25) is 0 Å². The lowest BCUT2D eigenvalue weighted by molar-refractivity contribution is -0.137. The molecule has 2 aliphatic rings. The molecule has 2 saturated heterocycles. The van der Waals surface area contributed by atoms with Gasteiger partial charge in [0.2, 0.25) is 5.91 Å². The molecule has 0 N–H and O–H groups in total. The highest BCUT2D eigenvalue weighted by Gasteiger charge is 2.32. The standard InChI is InChI=1S/C32H36BrN5O/c1-23-7-5-8-24(2)31(23)36-17-19-37(20-18-36)32(39)25-9-6-16-35(21-25)22-30-34-28-10-3-4-11-29(28)38(30)27-14-12-26(33)13-15-27/h3-5,7-8,10-15,25H,6,9,16-22H2,1-2H3/t25-/m0/s1. The van der Waals surface area contributed by atoms with Crippen LogP contribution in [0.25, 0.3) is 16.7 Å². The fourth-order valence-corrected chi connectivity index (χ4v) is 6.64. The summed E-state index contributed by atoms with van der Waals surface area (Å²) in [5.41, 5.74) is 7.18. The van der Waals surface area contributed by atoms with Gasteiger partial charge in [-0.25, -0.2) is 4.98 Å². The summed E-state index contributed by atoms with van der Waals surface area (Å²) >= 11 is 3.56. The van der Waals surface area contributed by atoms with Crippen molar-refractivity contribution >= 4 is 38.6 Å². The average molecular weight is 587 g/mol. The third kappa shape index (κ3) is 5.35. The normalized spacial score (nSPS) is 18.6. The van der Waals surface area contributed by atoms with Crippen LogP contribution in [-0.4, -0.2) is 64.5 Å². The van der Waals surface area contributed by atoms with Crippen molar-refractivity contribution in [3.05, 3.63) is 88.2 Å². The second-order valence-electron chi connectivity index (χ2n) is 11.0. The van der Waals surface area contributed by atoms with E-state index in [2.05, 4.69) is 110 Å². The van der Waals surface area contributed by atoms with Gasteiger partial charge in [0.1, 0.15) is 5.82 Å². The van der Waals surface area contributed by atoms with Crippen molar-refractivity contribution in [3.8, 4) is 5.69 Å². The zero-order valence-corrected chi connectivity index (χ0v) is 24.4. The van der Waals surface area contributed by atoms with Gasteiger partial charge in [-0.1, -0.05) is 46.3 Å². The number of aryl methyl sites for hydroxylation is 2. The van der Waals surface area contributed by atoms with Crippen molar-refractivity contribution in [2.45, 2.75) is 33.2 Å². The molecular weight excluding hydrogens is 550 g/mol. The molecule has 2 fully saturated rings. The van der Waals surface area contributed by atoms with Crippen LogP contribution in [-0.2, 0) is 11.3 Å². The molecule has 202 valence electrons. The number of benzene rings is 3. The third-order valence-electron chi connectivity index (χ3n) is 8.28. The number of piperazine rings is 1. The maximum absolute atomic E-state index is 13.6. The van der Waals surface area contributed by atoms with Gasteiger partial charge in [-0.05, 0) is 80.8 Å². The molecule has 0 aliphatic carbocycles. The first kappa shape index (κ1) is 26.1. The summed E-state index contributed by atoms with van der Waals surface area (Å²) in [5, 5.41) is 0. The summed E-state index contributed by atoms with van der Waals surface area (Å²) in [6.45, 7) is 10.3. The Hall–Kier alpha value is -3.16. The maximum atomic E-state index is 13.6. The fraction of sp³-hybridized carbons (Fsp3) is 0.375. The Morgan fingerprint density at radius 3 is 2.36 bits per heavy atom. The van der Waals surface area contributed by atoms with Gasteiger partial charge in [0.05, 0.1) is 23.5 Å². The lowest BCUT2D eigenvalue weighted by atomic mass is 9.96.